The quantitative estimate of drug-likeness (QED) is 0.539. The van der Waals surface area contributed by atoms with E-state index in [-0.39, 0.29) is 0 Å². The minimum absolute atomic E-state index is 1.03. The van der Waals surface area contributed by atoms with Crippen LogP contribution in [0.25, 0.3) is 12.2 Å². The Morgan fingerprint density at radius 1 is 0.917 bits per heavy atom. The van der Waals surface area contributed by atoms with Gasteiger partial charge in [0.15, 0.2) is 0 Å². The summed E-state index contributed by atoms with van der Waals surface area (Å²) in [7, 11) is 0. The Bertz CT molecular complexity index is 395. The van der Waals surface area contributed by atoms with E-state index in [0.29, 0.717) is 0 Å². The van der Waals surface area contributed by atoms with Crippen molar-refractivity contribution in [2.75, 3.05) is 0 Å². The van der Waals surface area contributed by atoms with Gasteiger partial charge in [-0.2, -0.15) is 0 Å². The van der Waals surface area contributed by atoms with Gasteiger partial charge < -0.3 is 0 Å². The first-order chi connectivity index (χ1) is 5.97. The van der Waals surface area contributed by atoms with Crippen LogP contribution in [0.2, 0.25) is 0 Å². The summed E-state index contributed by atoms with van der Waals surface area (Å²) in [5.41, 5.74) is 0. The lowest BCUT2D eigenvalue weighted by Crippen LogP contribution is -2.26. The average Bonchev–Trinajstić information content (AvgIpc) is 2.06. The fourth-order valence-electron chi connectivity index (χ4n) is 1.14. The van der Waals surface area contributed by atoms with Crippen LogP contribution in [0.5, 0.6) is 0 Å². The summed E-state index contributed by atoms with van der Waals surface area (Å²) >= 11 is 0. The van der Waals surface area contributed by atoms with Crippen LogP contribution in [-0.4, -0.2) is 4.98 Å². The molecule has 1 aliphatic rings. The Morgan fingerprint density at radius 2 is 1.75 bits per heavy atom. The molecule has 0 fully saturated rings. The van der Waals surface area contributed by atoms with Crippen LogP contribution in [-0.2, 0) is 0 Å². The summed E-state index contributed by atoms with van der Waals surface area (Å²) in [6, 6.07) is 4.00. The zero-order chi connectivity index (χ0) is 8.23. The average molecular weight is 155 g/mol. The fraction of sp³-hybridized carbons (Fsp3) is 0. The van der Waals surface area contributed by atoms with E-state index in [9.17, 15) is 0 Å². The van der Waals surface area contributed by atoms with E-state index in [1.165, 1.54) is 0 Å². The van der Waals surface area contributed by atoms with Crippen molar-refractivity contribution >= 4 is 12.2 Å². The van der Waals surface area contributed by atoms with Gasteiger partial charge >= 0.3 is 0 Å². The molecule has 0 unspecified atom stereocenters. The van der Waals surface area contributed by atoms with Crippen LogP contribution in [0.4, 0.5) is 0 Å². The van der Waals surface area contributed by atoms with Crippen molar-refractivity contribution in [3.05, 3.63) is 53.2 Å². The summed E-state index contributed by atoms with van der Waals surface area (Å²) in [4.78, 5) is 4.25. The van der Waals surface area contributed by atoms with E-state index < -0.39 is 0 Å². The van der Waals surface area contributed by atoms with Crippen LogP contribution >= 0.6 is 0 Å². The minimum atomic E-state index is 1.03. The van der Waals surface area contributed by atoms with Gasteiger partial charge in [0.05, 0.1) is 5.35 Å². The van der Waals surface area contributed by atoms with Crippen LogP contribution < -0.4 is 10.6 Å². The van der Waals surface area contributed by atoms with Gasteiger partial charge in [0.25, 0.3) is 0 Å². The maximum Gasteiger partial charge on any atom is 0.0701 e. The van der Waals surface area contributed by atoms with E-state index in [0.717, 1.165) is 10.6 Å². The molecule has 58 valence electrons. The van der Waals surface area contributed by atoms with Crippen molar-refractivity contribution in [1.29, 1.82) is 0 Å². The second-order valence-corrected chi connectivity index (χ2v) is 2.58. The molecule has 1 heteroatoms. The molecule has 0 aromatic carbocycles. The lowest BCUT2D eigenvalue weighted by atomic mass is 10.2. The summed E-state index contributed by atoms with van der Waals surface area (Å²) in [6.07, 6.45) is 13.9. The molecule has 1 nitrogen and oxygen atoms in total. The van der Waals surface area contributed by atoms with Gasteiger partial charge in [0, 0.05) is 11.4 Å². The number of fused-ring (bicyclic) bond motifs is 1. The first kappa shape index (κ1) is 7.04. The Labute approximate surface area is 71.1 Å². The number of hydrogen-bond acceptors (Lipinski definition) is 1. The predicted molar refractivity (Wildman–Crippen MR) is 50.7 cm³/mol. The molecule has 0 atom stereocenters. The highest BCUT2D eigenvalue weighted by Gasteiger charge is 1.83. The molecule has 0 aliphatic heterocycles. The van der Waals surface area contributed by atoms with Crippen molar-refractivity contribution in [1.82, 2.24) is 4.98 Å². The van der Waals surface area contributed by atoms with Gasteiger partial charge in [-0.1, -0.05) is 36.4 Å². The predicted octanol–water partition coefficient (Wildman–Crippen LogP) is 0.769. The third-order valence-corrected chi connectivity index (χ3v) is 1.73. The first-order valence-corrected chi connectivity index (χ1v) is 3.93. The Morgan fingerprint density at radius 3 is 2.67 bits per heavy atom. The molecule has 1 aromatic heterocycles. The number of aromatic nitrogens is 1. The van der Waals surface area contributed by atoms with E-state index in [1.807, 2.05) is 42.6 Å². The number of allylic oxidation sites excluding steroid dienone is 4. The van der Waals surface area contributed by atoms with Crippen molar-refractivity contribution in [3.8, 4) is 0 Å². The van der Waals surface area contributed by atoms with Crippen LogP contribution in [0, 0.1) is 0 Å². The Kier molecular flexibility index (Phi) is 1.87. The minimum Gasteiger partial charge on any atom is -0.256 e. The van der Waals surface area contributed by atoms with E-state index >= 15 is 0 Å². The van der Waals surface area contributed by atoms with Crippen molar-refractivity contribution in [2.24, 2.45) is 0 Å². The second-order valence-electron chi connectivity index (χ2n) is 2.58. The summed E-state index contributed by atoms with van der Waals surface area (Å²) in [5.74, 6) is 0. The summed E-state index contributed by atoms with van der Waals surface area (Å²) < 4.78 is 0. The molecule has 0 N–H and O–H groups in total. The molecule has 2 rings (SSSR count). The molecular formula is C11H9N. The zero-order valence-corrected chi connectivity index (χ0v) is 6.64. The smallest absolute Gasteiger partial charge is 0.0701 e. The number of nitrogens with zero attached hydrogens (tertiary/aromatic N) is 1. The molecular weight excluding hydrogens is 146 g/mol. The van der Waals surface area contributed by atoms with Gasteiger partial charge in [0.2, 0.25) is 0 Å². The molecule has 1 heterocycles. The number of rotatable bonds is 0. The van der Waals surface area contributed by atoms with Crippen LogP contribution in [0.3, 0.4) is 0 Å². The van der Waals surface area contributed by atoms with Gasteiger partial charge in [-0.05, 0) is 12.1 Å². The first-order valence-electron chi connectivity index (χ1n) is 3.93. The lowest BCUT2D eigenvalue weighted by Gasteiger charge is -1.88. The normalized spacial score (nSPS) is 24.7. The highest BCUT2D eigenvalue weighted by Crippen LogP contribution is 1.82. The van der Waals surface area contributed by atoms with Gasteiger partial charge in [-0.15, -0.1) is 0 Å². The number of pyridine rings is 1. The molecule has 0 saturated carbocycles. The lowest BCUT2D eigenvalue weighted by molar-refractivity contribution is 1.22. The van der Waals surface area contributed by atoms with Gasteiger partial charge in [0.1, 0.15) is 0 Å². The third kappa shape index (κ3) is 1.35. The molecule has 12 heavy (non-hydrogen) atoms. The topological polar surface area (TPSA) is 12.9 Å². The van der Waals surface area contributed by atoms with Crippen molar-refractivity contribution in [3.63, 3.8) is 0 Å². The van der Waals surface area contributed by atoms with E-state index in [4.69, 9.17) is 0 Å². The Balaban J connectivity index is 2.80. The highest BCUT2D eigenvalue weighted by molar-refractivity contribution is 5.45. The van der Waals surface area contributed by atoms with Crippen molar-refractivity contribution in [2.45, 2.75) is 0 Å². The molecule has 0 amide bonds. The fourth-order valence-corrected chi connectivity index (χ4v) is 1.14. The van der Waals surface area contributed by atoms with Crippen LogP contribution in [0.1, 0.15) is 0 Å². The molecule has 1 aromatic rings. The zero-order valence-electron chi connectivity index (χ0n) is 6.64. The van der Waals surface area contributed by atoms with Crippen LogP contribution in [0.15, 0.2) is 42.6 Å². The summed E-state index contributed by atoms with van der Waals surface area (Å²) in [5, 5.41) is 2.19. The monoisotopic (exact) mass is 155 g/mol. The maximum absolute atomic E-state index is 4.25. The molecule has 0 bridgehead atoms. The Hall–Kier alpha value is -1.63. The van der Waals surface area contributed by atoms with E-state index in [1.54, 1.807) is 0 Å². The maximum atomic E-state index is 4.25. The van der Waals surface area contributed by atoms with Crippen molar-refractivity contribution < 1.29 is 0 Å². The third-order valence-electron chi connectivity index (χ3n) is 1.73. The molecule has 0 spiro atoms. The standard InChI is InChI=1S/C11H9N/c1-2-4-8-11-10(6-3-1)7-5-9-12-11/h1-9H/b2-1?,3-1+,4-2-,6-3?,8-4?,10-6+,11-8+. The largest absolute Gasteiger partial charge is 0.256 e. The summed E-state index contributed by atoms with van der Waals surface area (Å²) in [6.45, 7) is 0. The molecule has 0 radical (unpaired) electrons. The van der Waals surface area contributed by atoms with Gasteiger partial charge in [-0.3, -0.25) is 4.98 Å². The molecule has 0 saturated heterocycles. The number of hydrogen-bond donors (Lipinski definition) is 0. The van der Waals surface area contributed by atoms with Gasteiger partial charge in [-0.25, -0.2) is 0 Å². The second kappa shape index (κ2) is 3.18. The van der Waals surface area contributed by atoms with E-state index in [2.05, 4.69) is 17.1 Å². The SMILES string of the molecule is C1=C\C=c2\nccc\c2=C/C=C/1. The highest BCUT2D eigenvalue weighted by atomic mass is 14.6. The molecule has 1 aliphatic carbocycles.